The van der Waals surface area contributed by atoms with Crippen molar-refractivity contribution in [2.75, 3.05) is 6.61 Å². The number of ketones is 1. The molecule has 0 amide bonds. The van der Waals surface area contributed by atoms with E-state index in [1.54, 1.807) is 36.4 Å². The predicted octanol–water partition coefficient (Wildman–Crippen LogP) is 4.35. The first-order valence-corrected chi connectivity index (χ1v) is 7.17. The molecule has 3 rings (SSSR count). The Morgan fingerprint density at radius 3 is 2.86 bits per heavy atom. The van der Waals surface area contributed by atoms with E-state index in [4.69, 9.17) is 16.3 Å². The Hall–Kier alpha value is -2.52. The van der Waals surface area contributed by atoms with Crippen LogP contribution < -0.4 is 4.74 Å². The van der Waals surface area contributed by atoms with Crippen LogP contribution in [0.4, 0.5) is 0 Å². The van der Waals surface area contributed by atoms with Gasteiger partial charge in [-0.1, -0.05) is 29.8 Å². The molecule has 4 heteroatoms. The summed E-state index contributed by atoms with van der Waals surface area (Å²) in [6, 6.07) is 10.5. The van der Waals surface area contributed by atoms with Gasteiger partial charge in [-0.25, -0.2) is 0 Å². The highest BCUT2D eigenvalue weighted by atomic mass is 35.5. The maximum absolute atomic E-state index is 12.3. The molecule has 0 spiro atoms. The van der Waals surface area contributed by atoms with Gasteiger partial charge in [-0.2, -0.15) is 0 Å². The van der Waals surface area contributed by atoms with Crippen molar-refractivity contribution in [3.05, 3.63) is 70.3 Å². The van der Waals surface area contributed by atoms with Crippen LogP contribution in [0, 0.1) is 0 Å². The molecule has 0 aromatic heterocycles. The van der Waals surface area contributed by atoms with Gasteiger partial charge in [-0.3, -0.25) is 4.79 Å². The lowest BCUT2D eigenvalue weighted by Gasteiger charge is -2.14. The summed E-state index contributed by atoms with van der Waals surface area (Å²) in [6.45, 7) is 0.464. The van der Waals surface area contributed by atoms with Gasteiger partial charge in [0.05, 0.1) is 11.1 Å². The number of rotatable bonds is 3. The van der Waals surface area contributed by atoms with Gasteiger partial charge < -0.3 is 9.84 Å². The summed E-state index contributed by atoms with van der Waals surface area (Å²) in [7, 11) is 0. The van der Waals surface area contributed by atoms with Crippen LogP contribution >= 0.6 is 11.6 Å². The molecule has 0 saturated carbocycles. The maximum Gasteiger partial charge on any atom is 0.189 e. The molecule has 3 nitrogen and oxygen atoms in total. The number of allylic oxidation sites excluding steroid dienone is 1. The number of phenols is 1. The number of hydrogen-bond donors (Lipinski definition) is 1. The number of aromatic hydroxyl groups is 1. The number of carbonyl (C=O) groups excluding carboxylic acids is 1. The monoisotopic (exact) mass is 312 g/mol. The van der Waals surface area contributed by atoms with E-state index in [1.165, 1.54) is 6.08 Å². The summed E-state index contributed by atoms with van der Waals surface area (Å²) in [5.41, 5.74) is 1.51. The largest absolute Gasteiger partial charge is 0.506 e. The Labute approximate surface area is 133 Å². The number of benzene rings is 2. The summed E-state index contributed by atoms with van der Waals surface area (Å²) in [6.07, 6.45) is 6.57. The normalized spacial score (nSPS) is 13.0. The van der Waals surface area contributed by atoms with Gasteiger partial charge >= 0.3 is 0 Å². The van der Waals surface area contributed by atoms with Crippen LogP contribution in [0.3, 0.4) is 0 Å². The van der Waals surface area contributed by atoms with Gasteiger partial charge in [0.25, 0.3) is 0 Å². The van der Waals surface area contributed by atoms with E-state index in [0.29, 0.717) is 22.9 Å². The van der Waals surface area contributed by atoms with Crippen molar-refractivity contribution in [1.82, 2.24) is 0 Å². The molecule has 0 unspecified atom stereocenters. The molecule has 0 atom stereocenters. The molecular weight excluding hydrogens is 300 g/mol. The Balaban J connectivity index is 1.91. The number of fused-ring (bicyclic) bond motifs is 1. The van der Waals surface area contributed by atoms with Crippen molar-refractivity contribution in [2.45, 2.75) is 0 Å². The van der Waals surface area contributed by atoms with E-state index in [9.17, 15) is 9.90 Å². The lowest BCUT2D eigenvalue weighted by atomic mass is 10.0. The van der Waals surface area contributed by atoms with Crippen molar-refractivity contribution in [2.24, 2.45) is 0 Å². The van der Waals surface area contributed by atoms with Crippen LogP contribution in [-0.2, 0) is 0 Å². The quantitative estimate of drug-likeness (QED) is 0.677. The molecule has 0 saturated heterocycles. The van der Waals surface area contributed by atoms with Gasteiger partial charge in [0.1, 0.15) is 18.1 Å². The molecule has 1 aliphatic rings. The van der Waals surface area contributed by atoms with Crippen LogP contribution in [0.2, 0.25) is 5.02 Å². The molecule has 2 aromatic rings. The molecule has 0 fully saturated rings. The first kappa shape index (κ1) is 14.4. The van der Waals surface area contributed by atoms with Crippen LogP contribution in [0.1, 0.15) is 21.5 Å². The summed E-state index contributed by atoms with van der Waals surface area (Å²) in [5.74, 6) is 0.216. The molecular formula is C18H13ClO3. The summed E-state index contributed by atoms with van der Waals surface area (Å²) in [5, 5.41) is 10.8. The summed E-state index contributed by atoms with van der Waals surface area (Å²) >= 11 is 6.04. The SMILES string of the molecule is O=C(/C=C/c1ccccc1Cl)c1ccc2c(c1O)C=CCO2. The number of carbonyl (C=O) groups is 1. The molecule has 1 heterocycles. The second-order valence-electron chi connectivity index (χ2n) is 4.81. The second kappa shape index (κ2) is 6.08. The highest BCUT2D eigenvalue weighted by molar-refractivity contribution is 6.32. The number of halogens is 1. The topological polar surface area (TPSA) is 46.5 Å². The lowest BCUT2D eigenvalue weighted by molar-refractivity contribution is 0.104. The third-order valence-corrected chi connectivity index (χ3v) is 3.73. The highest BCUT2D eigenvalue weighted by Crippen LogP contribution is 2.35. The van der Waals surface area contributed by atoms with E-state index < -0.39 is 0 Å². The van der Waals surface area contributed by atoms with Gasteiger partial charge in [0.2, 0.25) is 0 Å². The van der Waals surface area contributed by atoms with Crippen molar-refractivity contribution >= 4 is 29.5 Å². The van der Waals surface area contributed by atoms with Gasteiger partial charge in [-0.05, 0) is 48.1 Å². The maximum atomic E-state index is 12.3. The fourth-order valence-corrected chi connectivity index (χ4v) is 2.44. The fraction of sp³-hybridized carbons (Fsp3) is 0.0556. The van der Waals surface area contributed by atoms with Crippen LogP contribution in [-0.4, -0.2) is 17.5 Å². The molecule has 0 bridgehead atoms. The van der Waals surface area contributed by atoms with Gasteiger partial charge in [0, 0.05) is 5.02 Å². The van der Waals surface area contributed by atoms with Crippen LogP contribution in [0.15, 0.2) is 48.6 Å². The smallest absolute Gasteiger partial charge is 0.189 e. The van der Waals surface area contributed by atoms with E-state index >= 15 is 0 Å². The number of phenolic OH excluding ortho intramolecular Hbond substituents is 1. The minimum absolute atomic E-state index is 0.0674. The van der Waals surface area contributed by atoms with Crippen LogP contribution in [0.25, 0.3) is 12.2 Å². The van der Waals surface area contributed by atoms with E-state index in [2.05, 4.69) is 0 Å². The molecule has 22 heavy (non-hydrogen) atoms. The zero-order valence-corrected chi connectivity index (χ0v) is 12.4. The van der Waals surface area contributed by atoms with Gasteiger partial charge in [0.15, 0.2) is 5.78 Å². The zero-order chi connectivity index (χ0) is 15.5. The summed E-state index contributed by atoms with van der Waals surface area (Å²) < 4.78 is 5.39. The molecule has 1 aliphatic heterocycles. The van der Waals surface area contributed by atoms with E-state index in [-0.39, 0.29) is 17.1 Å². The van der Waals surface area contributed by atoms with Crippen molar-refractivity contribution in [1.29, 1.82) is 0 Å². The van der Waals surface area contributed by atoms with Crippen molar-refractivity contribution in [3.8, 4) is 11.5 Å². The van der Waals surface area contributed by atoms with Gasteiger partial charge in [-0.15, -0.1) is 0 Å². The first-order chi connectivity index (χ1) is 10.7. The van der Waals surface area contributed by atoms with Crippen molar-refractivity contribution in [3.63, 3.8) is 0 Å². The average molecular weight is 313 g/mol. The van der Waals surface area contributed by atoms with E-state index in [1.807, 2.05) is 18.2 Å². The molecule has 0 radical (unpaired) electrons. The standard InChI is InChI=1S/C18H13ClO3/c19-15-6-2-1-4-12(15)7-9-16(20)13-8-10-17-14(18(13)21)5-3-11-22-17/h1-10,21H,11H2/b9-7+. The fourth-order valence-electron chi connectivity index (χ4n) is 2.24. The van der Waals surface area contributed by atoms with E-state index in [0.717, 1.165) is 5.56 Å². The van der Waals surface area contributed by atoms with Crippen molar-refractivity contribution < 1.29 is 14.6 Å². The molecule has 2 aromatic carbocycles. The first-order valence-electron chi connectivity index (χ1n) is 6.79. The molecule has 0 aliphatic carbocycles. The second-order valence-corrected chi connectivity index (χ2v) is 5.21. The average Bonchev–Trinajstić information content (AvgIpc) is 2.54. The highest BCUT2D eigenvalue weighted by Gasteiger charge is 2.17. The Bertz CT molecular complexity index is 791. The lowest BCUT2D eigenvalue weighted by Crippen LogP contribution is -2.03. The predicted molar refractivity (Wildman–Crippen MR) is 87.5 cm³/mol. The minimum atomic E-state index is -0.292. The number of hydrogen-bond acceptors (Lipinski definition) is 3. The summed E-state index contributed by atoms with van der Waals surface area (Å²) in [4.78, 5) is 12.3. The third-order valence-electron chi connectivity index (χ3n) is 3.38. The number of ether oxygens (including phenoxy) is 1. The molecule has 110 valence electrons. The van der Waals surface area contributed by atoms with Crippen LogP contribution in [0.5, 0.6) is 11.5 Å². The zero-order valence-electron chi connectivity index (χ0n) is 11.6. The minimum Gasteiger partial charge on any atom is -0.506 e. The third kappa shape index (κ3) is 2.76. The Morgan fingerprint density at radius 1 is 1.23 bits per heavy atom. The Morgan fingerprint density at radius 2 is 2.05 bits per heavy atom. The molecule has 1 N–H and O–H groups in total. The Kier molecular flexibility index (Phi) is 3.98.